The monoisotopic (exact) mass is 344 g/mol. The average molecular weight is 345 g/mol. The molecule has 1 fully saturated rings. The van der Waals surface area contributed by atoms with Gasteiger partial charge in [0.15, 0.2) is 0 Å². The van der Waals surface area contributed by atoms with Crippen LogP contribution in [0.5, 0.6) is 0 Å². The highest BCUT2D eigenvalue weighted by Gasteiger charge is 2.37. The van der Waals surface area contributed by atoms with Crippen LogP contribution < -0.4 is 11.1 Å². The topological polar surface area (TPSA) is 55.1 Å². The third kappa shape index (κ3) is 3.58. The van der Waals surface area contributed by atoms with Crippen LogP contribution >= 0.6 is 24.2 Å². The molecule has 3 nitrogen and oxygen atoms in total. The molecule has 1 aliphatic heterocycles. The van der Waals surface area contributed by atoms with Gasteiger partial charge in [-0.15, -0.1) is 24.2 Å². The van der Waals surface area contributed by atoms with Gasteiger partial charge in [-0.1, -0.05) is 19.3 Å². The fraction of sp³-hybridized carbons (Fsp3) is 0.562. The van der Waals surface area contributed by atoms with Crippen LogP contribution in [0.25, 0.3) is 0 Å². The minimum atomic E-state index is -0.740. The van der Waals surface area contributed by atoms with Crippen molar-refractivity contribution in [2.45, 2.75) is 55.0 Å². The zero-order valence-electron chi connectivity index (χ0n) is 12.4. The van der Waals surface area contributed by atoms with E-state index in [-0.39, 0.29) is 30.2 Å². The molecule has 0 bridgehead atoms. The Labute approximate surface area is 141 Å². The van der Waals surface area contributed by atoms with Gasteiger partial charge in [-0.3, -0.25) is 4.79 Å². The number of nitrogens with two attached hydrogens (primary N) is 1. The van der Waals surface area contributed by atoms with E-state index in [1.807, 2.05) is 0 Å². The van der Waals surface area contributed by atoms with Crippen LogP contribution in [0, 0.1) is 5.82 Å². The Morgan fingerprint density at radius 2 is 2.05 bits per heavy atom. The van der Waals surface area contributed by atoms with Crippen molar-refractivity contribution in [3.8, 4) is 0 Å². The molecular weight excluding hydrogens is 323 g/mol. The van der Waals surface area contributed by atoms with Gasteiger partial charge in [0.25, 0.3) is 0 Å². The quantitative estimate of drug-likeness (QED) is 0.862. The number of hydrogen-bond donors (Lipinski definition) is 2. The lowest BCUT2D eigenvalue weighted by molar-refractivity contribution is -0.128. The minimum Gasteiger partial charge on any atom is -0.348 e. The Bertz CT molecular complexity index is 549. The molecule has 1 saturated carbocycles. The lowest BCUT2D eigenvalue weighted by atomic mass is 9.81. The smallest absolute Gasteiger partial charge is 0.240 e. The second-order valence-corrected chi connectivity index (χ2v) is 7.20. The number of amides is 1. The fourth-order valence-electron chi connectivity index (χ4n) is 3.23. The molecule has 22 heavy (non-hydrogen) atoms. The summed E-state index contributed by atoms with van der Waals surface area (Å²) in [7, 11) is 0. The summed E-state index contributed by atoms with van der Waals surface area (Å²) >= 11 is 1.71. The number of rotatable bonds is 2. The van der Waals surface area contributed by atoms with Crippen LogP contribution in [0.2, 0.25) is 0 Å². The zero-order chi connectivity index (χ0) is 14.9. The molecule has 1 unspecified atom stereocenters. The predicted octanol–water partition coefficient (Wildman–Crippen LogP) is 3.56. The first-order chi connectivity index (χ1) is 10.1. The molecule has 3 N–H and O–H groups in total. The molecule has 1 heterocycles. The number of halogens is 2. The highest BCUT2D eigenvalue weighted by molar-refractivity contribution is 7.99. The molecule has 0 radical (unpaired) electrons. The van der Waals surface area contributed by atoms with Gasteiger partial charge in [0.1, 0.15) is 5.82 Å². The lowest BCUT2D eigenvalue weighted by Crippen LogP contribution is -2.55. The molecule has 0 spiro atoms. The van der Waals surface area contributed by atoms with Gasteiger partial charge >= 0.3 is 0 Å². The Kier molecular flexibility index (Phi) is 5.75. The van der Waals surface area contributed by atoms with E-state index in [0.717, 1.165) is 54.7 Å². The van der Waals surface area contributed by atoms with E-state index >= 15 is 0 Å². The standard InChI is InChI=1S/C16H21FN2OS.ClH/c17-11-4-5-14-12(10-11)13(6-9-21-14)19-15(20)16(18)7-2-1-3-8-16;/h4-5,10,13H,1-3,6-9,18H2,(H,19,20);1H. The second-order valence-electron chi connectivity index (χ2n) is 6.06. The summed E-state index contributed by atoms with van der Waals surface area (Å²) in [6.45, 7) is 0. The third-order valence-corrected chi connectivity index (χ3v) is 5.64. The van der Waals surface area contributed by atoms with Crippen LogP contribution in [0.3, 0.4) is 0 Å². The van der Waals surface area contributed by atoms with Crippen LogP contribution in [-0.4, -0.2) is 17.2 Å². The van der Waals surface area contributed by atoms with Crippen molar-refractivity contribution in [3.63, 3.8) is 0 Å². The number of fused-ring (bicyclic) bond motifs is 1. The molecule has 0 saturated heterocycles. The summed E-state index contributed by atoms with van der Waals surface area (Å²) in [5.74, 6) is 0.603. The van der Waals surface area contributed by atoms with E-state index in [1.54, 1.807) is 17.8 Å². The highest BCUT2D eigenvalue weighted by Crippen LogP contribution is 2.37. The first-order valence-electron chi connectivity index (χ1n) is 7.61. The van der Waals surface area contributed by atoms with Crippen LogP contribution in [-0.2, 0) is 4.79 Å². The maximum atomic E-state index is 13.5. The van der Waals surface area contributed by atoms with Gasteiger partial charge < -0.3 is 11.1 Å². The third-order valence-electron chi connectivity index (χ3n) is 4.51. The van der Waals surface area contributed by atoms with Crippen LogP contribution in [0.1, 0.15) is 50.1 Å². The Morgan fingerprint density at radius 3 is 2.77 bits per heavy atom. The average Bonchev–Trinajstić information content (AvgIpc) is 2.48. The number of carbonyl (C=O) groups is 1. The molecule has 0 aromatic heterocycles. The lowest BCUT2D eigenvalue weighted by Gasteiger charge is -2.35. The van der Waals surface area contributed by atoms with Crippen LogP contribution in [0.15, 0.2) is 23.1 Å². The maximum absolute atomic E-state index is 13.5. The highest BCUT2D eigenvalue weighted by atomic mass is 35.5. The predicted molar refractivity (Wildman–Crippen MR) is 89.9 cm³/mol. The summed E-state index contributed by atoms with van der Waals surface area (Å²) in [6.07, 6.45) is 5.49. The van der Waals surface area contributed by atoms with Crippen molar-refractivity contribution in [3.05, 3.63) is 29.6 Å². The molecule has 3 rings (SSSR count). The Morgan fingerprint density at radius 1 is 1.32 bits per heavy atom. The SMILES string of the molecule is Cl.NC1(C(=O)NC2CCSc3ccc(F)cc32)CCCCC1. The van der Waals surface area contributed by atoms with Gasteiger partial charge in [-0.25, -0.2) is 4.39 Å². The van der Waals surface area contributed by atoms with Crippen molar-refractivity contribution in [1.82, 2.24) is 5.32 Å². The molecule has 1 aromatic rings. The van der Waals surface area contributed by atoms with Crippen molar-refractivity contribution < 1.29 is 9.18 Å². The van der Waals surface area contributed by atoms with Crippen molar-refractivity contribution in [2.75, 3.05) is 5.75 Å². The number of carbonyl (C=O) groups excluding carboxylic acids is 1. The Hall–Kier alpha value is -0.780. The molecule has 2 aliphatic rings. The molecule has 122 valence electrons. The van der Waals surface area contributed by atoms with E-state index in [2.05, 4.69) is 5.32 Å². The van der Waals surface area contributed by atoms with Crippen molar-refractivity contribution in [1.29, 1.82) is 0 Å². The summed E-state index contributed by atoms with van der Waals surface area (Å²) in [4.78, 5) is 13.6. The minimum absolute atomic E-state index is 0. The molecule has 1 aromatic carbocycles. The zero-order valence-corrected chi connectivity index (χ0v) is 14.1. The summed E-state index contributed by atoms with van der Waals surface area (Å²) in [5, 5.41) is 3.07. The van der Waals surface area contributed by atoms with E-state index in [0.29, 0.717) is 0 Å². The summed E-state index contributed by atoms with van der Waals surface area (Å²) in [6, 6.07) is 4.69. The normalized spacial score (nSPS) is 23.1. The summed E-state index contributed by atoms with van der Waals surface area (Å²) < 4.78 is 13.5. The Balaban J connectivity index is 0.00000176. The molecule has 1 atom stereocenters. The number of hydrogen-bond acceptors (Lipinski definition) is 3. The van der Waals surface area contributed by atoms with Crippen molar-refractivity contribution >= 4 is 30.1 Å². The van der Waals surface area contributed by atoms with Gasteiger partial charge in [0.2, 0.25) is 5.91 Å². The fourth-order valence-corrected chi connectivity index (χ4v) is 4.33. The van der Waals surface area contributed by atoms with Crippen molar-refractivity contribution in [2.24, 2.45) is 5.73 Å². The molecular formula is C16H22ClFN2OS. The van der Waals surface area contributed by atoms with Gasteiger partial charge in [0.05, 0.1) is 11.6 Å². The van der Waals surface area contributed by atoms with Crippen LogP contribution in [0.4, 0.5) is 4.39 Å². The van der Waals surface area contributed by atoms with Gasteiger partial charge in [0, 0.05) is 10.6 Å². The van der Waals surface area contributed by atoms with Gasteiger partial charge in [-0.2, -0.15) is 0 Å². The first kappa shape index (κ1) is 17.6. The van der Waals surface area contributed by atoms with E-state index in [4.69, 9.17) is 5.73 Å². The number of benzene rings is 1. The maximum Gasteiger partial charge on any atom is 0.240 e. The summed E-state index contributed by atoms with van der Waals surface area (Å²) in [5.41, 5.74) is 6.43. The van der Waals surface area contributed by atoms with E-state index in [1.165, 1.54) is 12.1 Å². The molecule has 1 amide bonds. The van der Waals surface area contributed by atoms with E-state index < -0.39 is 5.54 Å². The molecule has 1 aliphatic carbocycles. The van der Waals surface area contributed by atoms with E-state index in [9.17, 15) is 9.18 Å². The largest absolute Gasteiger partial charge is 0.348 e. The van der Waals surface area contributed by atoms with Gasteiger partial charge in [-0.05, 0) is 43.0 Å². The second kappa shape index (κ2) is 7.20. The molecule has 6 heteroatoms. The number of nitrogens with one attached hydrogen (secondary N) is 1. The first-order valence-corrected chi connectivity index (χ1v) is 8.59. The number of thioether (sulfide) groups is 1.